The van der Waals surface area contributed by atoms with Crippen molar-refractivity contribution >= 4 is 33.6 Å². The van der Waals surface area contributed by atoms with Crippen LogP contribution in [0.2, 0.25) is 0 Å². The van der Waals surface area contributed by atoms with Crippen molar-refractivity contribution in [2.45, 2.75) is 0 Å². The van der Waals surface area contributed by atoms with Gasteiger partial charge in [-0.15, -0.1) is 0 Å². The van der Waals surface area contributed by atoms with Gasteiger partial charge in [0, 0.05) is 24.2 Å². The number of furan rings is 1. The van der Waals surface area contributed by atoms with E-state index in [1.165, 1.54) is 6.08 Å². The van der Waals surface area contributed by atoms with Gasteiger partial charge in [0.2, 0.25) is 5.91 Å². The molecule has 0 saturated heterocycles. The number of pyridine rings is 1. The molecule has 0 aromatic carbocycles. The summed E-state index contributed by atoms with van der Waals surface area (Å²) in [5.41, 5.74) is 0.704. The minimum Gasteiger partial charge on any atom is -0.450 e. The van der Waals surface area contributed by atoms with E-state index in [1.807, 2.05) is 0 Å². The van der Waals surface area contributed by atoms with Crippen molar-refractivity contribution in [1.82, 2.24) is 4.98 Å². The van der Waals surface area contributed by atoms with E-state index in [-0.39, 0.29) is 5.91 Å². The first kappa shape index (κ1) is 11.6. The van der Waals surface area contributed by atoms with E-state index in [9.17, 15) is 4.79 Å². The molecule has 0 spiro atoms. The van der Waals surface area contributed by atoms with Crippen LogP contribution >= 0.6 is 15.9 Å². The highest BCUT2D eigenvalue weighted by molar-refractivity contribution is 9.10. The third-order valence-electron chi connectivity index (χ3n) is 1.94. The topological polar surface area (TPSA) is 55.1 Å². The van der Waals surface area contributed by atoms with Gasteiger partial charge in [-0.1, -0.05) is 0 Å². The molecule has 0 bridgehead atoms. The fourth-order valence-corrected chi connectivity index (χ4v) is 1.51. The van der Waals surface area contributed by atoms with E-state index in [2.05, 4.69) is 26.2 Å². The average molecular weight is 293 g/mol. The molecule has 2 aromatic heterocycles. The van der Waals surface area contributed by atoms with Crippen LogP contribution in [-0.2, 0) is 4.79 Å². The van der Waals surface area contributed by atoms with Crippen LogP contribution in [0.5, 0.6) is 0 Å². The molecule has 0 fully saturated rings. The second-order valence-corrected chi connectivity index (χ2v) is 3.98. The summed E-state index contributed by atoms with van der Waals surface area (Å²) in [7, 11) is 0. The SMILES string of the molecule is O=C(/C=C/c1ccc(Br)o1)Nc1ccncc1. The van der Waals surface area contributed by atoms with E-state index in [1.54, 1.807) is 42.7 Å². The molecule has 2 aromatic rings. The van der Waals surface area contributed by atoms with Crippen LogP contribution in [0.3, 0.4) is 0 Å². The van der Waals surface area contributed by atoms with Crippen molar-refractivity contribution in [2.75, 3.05) is 5.32 Å². The van der Waals surface area contributed by atoms with Gasteiger partial charge in [-0.25, -0.2) is 0 Å². The van der Waals surface area contributed by atoms with Gasteiger partial charge in [0.05, 0.1) is 0 Å². The number of rotatable bonds is 3. The van der Waals surface area contributed by atoms with E-state index in [4.69, 9.17) is 4.42 Å². The van der Waals surface area contributed by atoms with Crippen molar-refractivity contribution in [3.8, 4) is 0 Å². The molecule has 5 heteroatoms. The summed E-state index contributed by atoms with van der Waals surface area (Å²) < 4.78 is 5.86. The lowest BCUT2D eigenvalue weighted by Crippen LogP contribution is -2.07. The number of amides is 1. The Hall–Kier alpha value is -1.88. The monoisotopic (exact) mass is 292 g/mol. The predicted octanol–water partition coefficient (Wildman–Crippen LogP) is 3.09. The quantitative estimate of drug-likeness (QED) is 0.885. The number of hydrogen-bond acceptors (Lipinski definition) is 3. The van der Waals surface area contributed by atoms with Gasteiger partial charge in [0.15, 0.2) is 4.67 Å². The maximum absolute atomic E-state index is 11.5. The van der Waals surface area contributed by atoms with Gasteiger partial charge < -0.3 is 9.73 Å². The molecule has 17 heavy (non-hydrogen) atoms. The first-order valence-corrected chi connectivity index (χ1v) is 5.68. The Morgan fingerprint density at radius 2 is 2.06 bits per heavy atom. The Morgan fingerprint density at radius 1 is 1.29 bits per heavy atom. The van der Waals surface area contributed by atoms with E-state index in [0.29, 0.717) is 16.1 Å². The van der Waals surface area contributed by atoms with Gasteiger partial charge >= 0.3 is 0 Å². The van der Waals surface area contributed by atoms with Gasteiger partial charge in [0.1, 0.15) is 5.76 Å². The number of aromatic nitrogens is 1. The number of nitrogens with zero attached hydrogens (tertiary/aromatic N) is 1. The van der Waals surface area contributed by atoms with Crippen LogP contribution in [0.4, 0.5) is 5.69 Å². The minimum atomic E-state index is -0.219. The second-order valence-electron chi connectivity index (χ2n) is 3.20. The Morgan fingerprint density at radius 3 is 2.71 bits per heavy atom. The Kier molecular flexibility index (Phi) is 3.72. The summed E-state index contributed by atoms with van der Waals surface area (Å²) in [6.07, 6.45) is 6.24. The molecule has 2 heterocycles. The third kappa shape index (κ3) is 3.57. The van der Waals surface area contributed by atoms with E-state index >= 15 is 0 Å². The van der Waals surface area contributed by atoms with Crippen LogP contribution in [0, 0.1) is 0 Å². The zero-order valence-electron chi connectivity index (χ0n) is 8.76. The predicted molar refractivity (Wildman–Crippen MR) is 68.3 cm³/mol. The highest BCUT2D eigenvalue weighted by atomic mass is 79.9. The van der Waals surface area contributed by atoms with Crippen LogP contribution in [0.25, 0.3) is 6.08 Å². The zero-order valence-corrected chi connectivity index (χ0v) is 10.3. The van der Waals surface area contributed by atoms with Crippen molar-refractivity contribution in [1.29, 1.82) is 0 Å². The summed E-state index contributed by atoms with van der Waals surface area (Å²) in [5.74, 6) is 0.394. The molecule has 1 N–H and O–H groups in total. The number of hydrogen-bond donors (Lipinski definition) is 1. The molecule has 2 rings (SSSR count). The number of anilines is 1. The largest absolute Gasteiger partial charge is 0.450 e. The maximum atomic E-state index is 11.5. The molecule has 86 valence electrons. The van der Waals surface area contributed by atoms with Crippen LogP contribution in [0.1, 0.15) is 5.76 Å². The Balaban J connectivity index is 1.96. The molecule has 0 saturated carbocycles. The van der Waals surface area contributed by atoms with Crippen molar-refractivity contribution in [3.63, 3.8) is 0 Å². The second kappa shape index (κ2) is 5.45. The average Bonchev–Trinajstić information content (AvgIpc) is 2.74. The summed E-state index contributed by atoms with van der Waals surface area (Å²) in [4.78, 5) is 15.4. The van der Waals surface area contributed by atoms with Crippen molar-refractivity contribution in [2.24, 2.45) is 0 Å². The lowest BCUT2D eigenvalue weighted by atomic mass is 10.3. The Bertz CT molecular complexity index is 534. The summed E-state index contributed by atoms with van der Waals surface area (Å²) >= 11 is 3.18. The molecule has 0 unspecified atom stereocenters. The molecular formula is C12H9BrN2O2. The lowest BCUT2D eigenvalue weighted by molar-refractivity contribution is -0.111. The summed E-state index contributed by atoms with van der Waals surface area (Å²) in [6.45, 7) is 0. The van der Waals surface area contributed by atoms with Crippen molar-refractivity contribution < 1.29 is 9.21 Å². The smallest absolute Gasteiger partial charge is 0.248 e. The van der Waals surface area contributed by atoms with Crippen LogP contribution in [-0.4, -0.2) is 10.9 Å². The molecule has 0 aliphatic carbocycles. The third-order valence-corrected chi connectivity index (χ3v) is 2.37. The highest BCUT2D eigenvalue weighted by Crippen LogP contribution is 2.15. The maximum Gasteiger partial charge on any atom is 0.248 e. The molecule has 0 aliphatic heterocycles. The van der Waals surface area contributed by atoms with E-state index < -0.39 is 0 Å². The van der Waals surface area contributed by atoms with Gasteiger partial charge in [-0.3, -0.25) is 9.78 Å². The fraction of sp³-hybridized carbons (Fsp3) is 0. The molecular weight excluding hydrogens is 284 g/mol. The normalized spacial score (nSPS) is 10.6. The molecule has 0 radical (unpaired) electrons. The Labute approximate surface area is 106 Å². The van der Waals surface area contributed by atoms with Crippen molar-refractivity contribution in [3.05, 3.63) is 53.2 Å². The van der Waals surface area contributed by atoms with Crippen LogP contribution < -0.4 is 5.32 Å². The molecule has 0 atom stereocenters. The van der Waals surface area contributed by atoms with Gasteiger partial charge in [0.25, 0.3) is 0 Å². The van der Waals surface area contributed by atoms with E-state index in [0.717, 1.165) is 0 Å². The molecule has 0 aliphatic rings. The molecule has 1 amide bonds. The zero-order chi connectivity index (χ0) is 12.1. The fourth-order valence-electron chi connectivity index (χ4n) is 1.19. The van der Waals surface area contributed by atoms with Crippen LogP contribution in [0.15, 0.2) is 51.8 Å². The standard InChI is InChI=1S/C12H9BrN2O2/c13-11-3-1-10(17-11)2-4-12(16)15-9-5-7-14-8-6-9/h1-8H,(H,14,15,16)/b4-2+. The summed E-state index contributed by atoms with van der Waals surface area (Å²) in [6, 6.07) is 6.96. The summed E-state index contributed by atoms with van der Waals surface area (Å²) in [5, 5.41) is 2.70. The number of nitrogens with one attached hydrogen (secondary N) is 1. The van der Waals surface area contributed by atoms with Gasteiger partial charge in [-0.05, 0) is 46.3 Å². The molecule has 4 nitrogen and oxygen atoms in total. The number of carbonyl (C=O) groups is 1. The minimum absolute atomic E-state index is 0.219. The lowest BCUT2D eigenvalue weighted by Gasteiger charge is -1.99. The highest BCUT2D eigenvalue weighted by Gasteiger charge is 1.98. The number of halogens is 1. The first-order chi connectivity index (χ1) is 8.24. The first-order valence-electron chi connectivity index (χ1n) is 4.88. The van der Waals surface area contributed by atoms with Gasteiger partial charge in [-0.2, -0.15) is 0 Å². The number of carbonyl (C=O) groups excluding carboxylic acids is 1.